The van der Waals surface area contributed by atoms with E-state index in [1.165, 1.54) is 41.0 Å². The van der Waals surface area contributed by atoms with Gasteiger partial charge in [0.05, 0.1) is 5.39 Å². The van der Waals surface area contributed by atoms with Crippen molar-refractivity contribution in [3.05, 3.63) is 58.5 Å². The van der Waals surface area contributed by atoms with E-state index < -0.39 is 0 Å². The number of benzene rings is 1. The zero-order valence-corrected chi connectivity index (χ0v) is 13.2. The Balaban J connectivity index is 1.52. The van der Waals surface area contributed by atoms with Gasteiger partial charge in [0.15, 0.2) is 0 Å². The molecule has 2 aliphatic carbocycles. The lowest BCUT2D eigenvalue weighted by Crippen LogP contribution is -2.10. The van der Waals surface area contributed by atoms with Gasteiger partial charge in [-0.05, 0) is 36.1 Å². The summed E-state index contributed by atoms with van der Waals surface area (Å²) in [5.74, 6) is 1.30. The lowest BCUT2D eigenvalue weighted by Gasteiger charge is -2.26. The van der Waals surface area contributed by atoms with Crippen molar-refractivity contribution in [3.8, 4) is 0 Å². The normalized spacial score (nSPS) is 18.3. The van der Waals surface area contributed by atoms with Crippen molar-refractivity contribution >= 4 is 32.9 Å². The molecule has 0 saturated carbocycles. The highest BCUT2D eigenvalue weighted by Gasteiger charge is 2.39. The molecule has 3 nitrogen and oxygen atoms in total. The van der Waals surface area contributed by atoms with Crippen LogP contribution in [0.4, 0.5) is 10.2 Å². The molecule has 0 spiro atoms. The zero-order valence-electron chi connectivity index (χ0n) is 12.3. The largest absolute Gasteiger partial charge is 0.365 e. The molecule has 0 fully saturated rings. The van der Waals surface area contributed by atoms with Crippen LogP contribution < -0.4 is 5.32 Å². The third-order valence-corrected chi connectivity index (χ3v) is 5.90. The van der Waals surface area contributed by atoms with E-state index in [2.05, 4.69) is 21.4 Å². The Morgan fingerprint density at radius 3 is 2.96 bits per heavy atom. The van der Waals surface area contributed by atoms with E-state index in [-0.39, 0.29) is 5.82 Å². The van der Waals surface area contributed by atoms with E-state index in [1.807, 2.05) is 0 Å². The quantitative estimate of drug-likeness (QED) is 0.758. The van der Waals surface area contributed by atoms with Crippen LogP contribution in [0.15, 0.2) is 36.7 Å². The summed E-state index contributed by atoms with van der Waals surface area (Å²) in [5.41, 5.74) is 3.87. The van der Waals surface area contributed by atoms with Crippen LogP contribution in [-0.2, 0) is 6.54 Å². The minimum Gasteiger partial charge on any atom is -0.365 e. The molecule has 2 aliphatic rings. The Labute approximate surface area is 136 Å². The van der Waals surface area contributed by atoms with E-state index in [4.69, 9.17) is 0 Å². The molecule has 5 rings (SSSR count). The second-order valence-corrected chi connectivity index (χ2v) is 7.04. The van der Waals surface area contributed by atoms with Gasteiger partial charge in [-0.1, -0.05) is 18.2 Å². The molecular weight excluding hydrogens is 309 g/mol. The number of anilines is 1. The van der Waals surface area contributed by atoms with Gasteiger partial charge in [0, 0.05) is 22.9 Å². The van der Waals surface area contributed by atoms with Gasteiger partial charge in [-0.2, -0.15) is 0 Å². The molecule has 2 aromatic heterocycles. The molecule has 2 heterocycles. The third-order valence-electron chi connectivity index (χ3n) is 4.69. The van der Waals surface area contributed by atoms with E-state index in [9.17, 15) is 4.39 Å². The first kappa shape index (κ1) is 13.2. The molecule has 3 aromatic rings. The number of nitrogens with one attached hydrogen (secondary N) is 1. The van der Waals surface area contributed by atoms with Crippen LogP contribution in [0.5, 0.6) is 0 Å². The van der Waals surface area contributed by atoms with Crippen molar-refractivity contribution in [2.75, 3.05) is 5.32 Å². The number of rotatable bonds is 3. The maximum atomic E-state index is 13.0. The van der Waals surface area contributed by atoms with E-state index >= 15 is 0 Å². The van der Waals surface area contributed by atoms with Gasteiger partial charge in [-0.25, -0.2) is 14.4 Å². The fraction of sp³-hybridized carbons (Fsp3) is 0.222. The standard InChI is InChI=1S/C18H14FN3S/c19-11-6-4-10(5-7-11)8-20-17-15-14-12-2-1-3-13(12)16(14)23-18(15)22-9-21-17/h2,4-7,9,13H,1,3,8H2,(H,20,21,22). The lowest BCUT2D eigenvalue weighted by atomic mass is 9.80. The van der Waals surface area contributed by atoms with Crippen LogP contribution in [0, 0.1) is 5.82 Å². The highest BCUT2D eigenvalue weighted by Crippen LogP contribution is 2.59. The van der Waals surface area contributed by atoms with Gasteiger partial charge in [-0.15, -0.1) is 11.3 Å². The van der Waals surface area contributed by atoms with Crippen molar-refractivity contribution < 1.29 is 4.39 Å². The van der Waals surface area contributed by atoms with Crippen molar-refractivity contribution in [1.29, 1.82) is 0 Å². The summed E-state index contributed by atoms with van der Waals surface area (Å²) in [6.45, 7) is 0.624. The molecule has 0 saturated heterocycles. The number of fused-ring (bicyclic) bond motifs is 6. The van der Waals surface area contributed by atoms with Gasteiger partial charge >= 0.3 is 0 Å². The molecule has 1 N–H and O–H groups in total. The Morgan fingerprint density at radius 1 is 1.22 bits per heavy atom. The second-order valence-electron chi connectivity index (χ2n) is 6.01. The molecule has 0 bridgehead atoms. The second kappa shape index (κ2) is 4.86. The Bertz CT molecular complexity index is 943. The molecule has 0 aliphatic heterocycles. The zero-order chi connectivity index (χ0) is 15.4. The molecule has 114 valence electrons. The summed E-state index contributed by atoms with van der Waals surface area (Å²) in [4.78, 5) is 11.4. The maximum Gasteiger partial charge on any atom is 0.139 e. The first-order valence-electron chi connectivity index (χ1n) is 7.77. The van der Waals surface area contributed by atoms with Crippen molar-refractivity contribution in [2.45, 2.75) is 25.3 Å². The molecule has 5 heteroatoms. The Kier molecular flexibility index (Phi) is 2.79. The highest BCUT2D eigenvalue weighted by molar-refractivity contribution is 7.19. The first-order valence-corrected chi connectivity index (χ1v) is 8.59. The molecule has 1 atom stereocenters. The minimum absolute atomic E-state index is 0.212. The van der Waals surface area contributed by atoms with Crippen molar-refractivity contribution in [1.82, 2.24) is 9.97 Å². The van der Waals surface area contributed by atoms with Crippen molar-refractivity contribution in [2.24, 2.45) is 0 Å². The van der Waals surface area contributed by atoms with Crippen LogP contribution in [0.2, 0.25) is 0 Å². The summed E-state index contributed by atoms with van der Waals surface area (Å²) >= 11 is 1.80. The lowest BCUT2D eigenvalue weighted by molar-refractivity contribution is 0.627. The third kappa shape index (κ3) is 1.93. The summed E-state index contributed by atoms with van der Waals surface area (Å²) in [6, 6.07) is 6.56. The van der Waals surface area contributed by atoms with E-state index in [1.54, 1.807) is 29.8 Å². The predicted octanol–water partition coefficient (Wildman–Crippen LogP) is 4.72. The van der Waals surface area contributed by atoms with Crippen LogP contribution in [0.25, 0.3) is 15.8 Å². The van der Waals surface area contributed by atoms with Crippen molar-refractivity contribution in [3.63, 3.8) is 0 Å². The van der Waals surface area contributed by atoms with Gasteiger partial charge in [0.1, 0.15) is 22.8 Å². The molecule has 1 unspecified atom stereocenters. The number of hydrogen-bond acceptors (Lipinski definition) is 4. The van der Waals surface area contributed by atoms with Crippen LogP contribution >= 0.6 is 11.3 Å². The van der Waals surface area contributed by atoms with Crippen LogP contribution in [-0.4, -0.2) is 9.97 Å². The number of nitrogens with zero attached hydrogens (tertiary/aromatic N) is 2. The highest BCUT2D eigenvalue weighted by atomic mass is 32.1. The summed E-state index contributed by atoms with van der Waals surface area (Å²) in [5, 5.41) is 4.55. The van der Waals surface area contributed by atoms with Gasteiger partial charge in [0.2, 0.25) is 0 Å². The fourth-order valence-corrected chi connectivity index (χ4v) is 4.90. The van der Waals surface area contributed by atoms with E-state index in [0.717, 1.165) is 21.6 Å². The Morgan fingerprint density at radius 2 is 2.09 bits per heavy atom. The first-order chi connectivity index (χ1) is 11.3. The molecular formula is C18H14FN3S. The van der Waals surface area contributed by atoms with Crippen LogP contribution in [0.3, 0.4) is 0 Å². The average Bonchev–Trinajstić information content (AvgIpc) is 3.11. The topological polar surface area (TPSA) is 37.8 Å². The average molecular weight is 323 g/mol. The van der Waals surface area contributed by atoms with E-state index in [0.29, 0.717) is 12.5 Å². The summed E-state index contributed by atoms with van der Waals surface area (Å²) in [7, 11) is 0. The van der Waals surface area contributed by atoms with Gasteiger partial charge in [0.25, 0.3) is 0 Å². The van der Waals surface area contributed by atoms with Crippen LogP contribution in [0.1, 0.15) is 34.8 Å². The minimum atomic E-state index is -0.212. The summed E-state index contributed by atoms with van der Waals surface area (Å²) < 4.78 is 13.0. The number of halogens is 1. The maximum absolute atomic E-state index is 13.0. The molecule has 0 radical (unpaired) electrons. The number of allylic oxidation sites excluding steroid dienone is 2. The van der Waals surface area contributed by atoms with Gasteiger partial charge in [-0.3, -0.25) is 0 Å². The number of hydrogen-bond donors (Lipinski definition) is 1. The van der Waals surface area contributed by atoms with Gasteiger partial charge < -0.3 is 5.32 Å². The number of aromatic nitrogens is 2. The molecule has 0 amide bonds. The smallest absolute Gasteiger partial charge is 0.139 e. The monoisotopic (exact) mass is 323 g/mol. The number of thiophene rings is 1. The summed E-state index contributed by atoms with van der Waals surface area (Å²) in [6.07, 6.45) is 6.39. The SMILES string of the molecule is Fc1ccc(CNc2ncnc3sc4c(c23)C2=CCCC24)cc1. The fourth-order valence-electron chi connectivity index (χ4n) is 3.58. The molecule has 1 aromatic carbocycles. The molecule has 23 heavy (non-hydrogen) atoms. The predicted molar refractivity (Wildman–Crippen MR) is 91.1 cm³/mol. The Hall–Kier alpha value is -2.27.